The van der Waals surface area contributed by atoms with Crippen LogP contribution in [0.15, 0.2) is 58.6 Å². The van der Waals surface area contributed by atoms with Crippen LogP contribution in [-0.2, 0) is 4.79 Å². The number of aromatic nitrogens is 5. The largest absolute Gasteiger partial charge is 0.345 e. The van der Waals surface area contributed by atoms with E-state index in [2.05, 4.69) is 25.5 Å². The van der Waals surface area contributed by atoms with Crippen molar-refractivity contribution in [1.29, 1.82) is 0 Å². The Balaban J connectivity index is 1.47. The highest BCUT2D eigenvalue weighted by Crippen LogP contribution is 2.19. The van der Waals surface area contributed by atoms with E-state index in [4.69, 9.17) is 0 Å². The zero-order valence-electron chi connectivity index (χ0n) is 16.2. The molecule has 10 heteroatoms. The van der Waals surface area contributed by atoms with E-state index in [-0.39, 0.29) is 23.3 Å². The van der Waals surface area contributed by atoms with E-state index in [0.29, 0.717) is 21.9 Å². The summed E-state index contributed by atoms with van der Waals surface area (Å²) in [6.45, 7) is 0. The number of carbonyl (C=O) groups excluding carboxylic acids is 1. The number of carbonyl (C=O) groups is 1. The van der Waals surface area contributed by atoms with Crippen LogP contribution in [0.2, 0.25) is 0 Å². The lowest BCUT2D eigenvalue weighted by Gasteiger charge is -2.17. The molecule has 4 aromatic rings. The summed E-state index contributed by atoms with van der Waals surface area (Å²) in [5.74, 6) is 1.55. The molecular formula is C20H20N6O2S2. The Kier molecular flexibility index (Phi) is 6.34. The van der Waals surface area contributed by atoms with Gasteiger partial charge >= 0.3 is 0 Å². The average Bonchev–Trinajstić information content (AvgIpc) is 3.19. The van der Waals surface area contributed by atoms with Crippen molar-refractivity contribution < 1.29 is 4.79 Å². The number of aromatic amines is 1. The maximum atomic E-state index is 12.7. The molecular weight excluding hydrogens is 420 g/mol. The Bertz CT molecular complexity index is 1240. The number of hydrogen-bond donors (Lipinski definition) is 2. The Hall–Kier alpha value is -2.85. The van der Waals surface area contributed by atoms with Crippen molar-refractivity contribution in [1.82, 2.24) is 29.9 Å². The zero-order chi connectivity index (χ0) is 20.9. The first kappa shape index (κ1) is 20.4. The van der Waals surface area contributed by atoms with E-state index < -0.39 is 0 Å². The van der Waals surface area contributed by atoms with Gasteiger partial charge in [0.15, 0.2) is 16.6 Å². The third-order valence-corrected chi connectivity index (χ3v) is 6.05. The Labute approximate surface area is 180 Å². The van der Waals surface area contributed by atoms with E-state index in [9.17, 15) is 9.59 Å². The molecule has 0 aliphatic heterocycles. The SMILES string of the molecule is CSCC[C@H](NC(=O)CSc1nc2ccccc2c(=O)[nH]1)c1nnc2ccccn12. The molecule has 0 fully saturated rings. The zero-order valence-corrected chi connectivity index (χ0v) is 17.9. The second kappa shape index (κ2) is 9.31. The van der Waals surface area contributed by atoms with Gasteiger partial charge in [-0.1, -0.05) is 30.0 Å². The standard InChI is InChI=1S/C20H20N6O2S2/c1-29-11-9-15(18-25-24-16-8-4-5-10-26(16)18)21-17(27)12-30-20-22-14-7-3-2-6-13(14)19(28)23-20/h2-8,10,15H,9,11-12H2,1H3,(H,21,27)(H,22,23,28)/t15-/m0/s1. The van der Waals surface area contributed by atoms with Crippen molar-refractivity contribution in [2.24, 2.45) is 0 Å². The molecule has 1 atom stereocenters. The van der Waals surface area contributed by atoms with Gasteiger partial charge in [0.1, 0.15) is 0 Å². The minimum absolute atomic E-state index is 0.133. The molecule has 3 heterocycles. The minimum atomic E-state index is -0.258. The molecule has 0 aliphatic carbocycles. The van der Waals surface area contributed by atoms with Gasteiger partial charge in [-0.2, -0.15) is 11.8 Å². The number of pyridine rings is 1. The average molecular weight is 441 g/mol. The van der Waals surface area contributed by atoms with Crippen LogP contribution in [0.3, 0.4) is 0 Å². The molecule has 0 radical (unpaired) electrons. The first-order valence-corrected chi connectivity index (χ1v) is 11.7. The molecule has 0 spiro atoms. The van der Waals surface area contributed by atoms with Crippen LogP contribution < -0.4 is 10.9 Å². The first-order valence-electron chi connectivity index (χ1n) is 9.35. The monoisotopic (exact) mass is 440 g/mol. The maximum absolute atomic E-state index is 12.7. The van der Waals surface area contributed by atoms with Crippen LogP contribution in [-0.4, -0.2) is 48.2 Å². The van der Waals surface area contributed by atoms with Crippen LogP contribution in [0.4, 0.5) is 0 Å². The van der Waals surface area contributed by atoms with Gasteiger partial charge in [0.2, 0.25) is 5.91 Å². The van der Waals surface area contributed by atoms with Gasteiger partial charge in [-0.25, -0.2) is 4.98 Å². The number of H-pyrrole nitrogens is 1. The number of nitrogens with zero attached hydrogens (tertiary/aromatic N) is 4. The Morgan fingerprint density at radius 1 is 1.20 bits per heavy atom. The van der Waals surface area contributed by atoms with E-state index in [1.807, 2.05) is 41.1 Å². The van der Waals surface area contributed by atoms with Crippen molar-refractivity contribution >= 4 is 46.0 Å². The van der Waals surface area contributed by atoms with Crippen LogP contribution in [0.1, 0.15) is 18.3 Å². The maximum Gasteiger partial charge on any atom is 0.259 e. The molecule has 1 amide bonds. The predicted molar refractivity (Wildman–Crippen MR) is 120 cm³/mol. The number of fused-ring (bicyclic) bond motifs is 2. The summed E-state index contributed by atoms with van der Waals surface area (Å²) in [5, 5.41) is 12.5. The van der Waals surface area contributed by atoms with Gasteiger partial charge < -0.3 is 10.3 Å². The van der Waals surface area contributed by atoms with Crippen molar-refractivity contribution in [3.05, 3.63) is 64.8 Å². The number of para-hydroxylation sites is 1. The highest BCUT2D eigenvalue weighted by atomic mass is 32.2. The quantitative estimate of drug-likeness (QED) is 0.321. The summed E-state index contributed by atoms with van der Waals surface area (Å²) >= 11 is 2.91. The molecule has 3 aromatic heterocycles. The lowest BCUT2D eigenvalue weighted by atomic mass is 10.2. The smallest absolute Gasteiger partial charge is 0.259 e. The van der Waals surface area contributed by atoms with Gasteiger partial charge in [-0.15, -0.1) is 10.2 Å². The van der Waals surface area contributed by atoms with Crippen LogP contribution in [0, 0.1) is 0 Å². The molecule has 30 heavy (non-hydrogen) atoms. The molecule has 0 saturated carbocycles. The number of nitrogens with one attached hydrogen (secondary N) is 2. The fraction of sp³-hybridized carbons (Fsp3) is 0.250. The lowest BCUT2D eigenvalue weighted by molar-refractivity contribution is -0.119. The number of thioether (sulfide) groups is 2. The van der Waals surface area contributed by atoms with Crippen LogP contribution >= 0.6 is 23.5 Å². The normalized spacial score (nSPS) is 12.3. The Morgan fingerprint density at radius 3 is 2.90 bits per heavy atom. The van der Waals surface area contributed by atoms with Crippen LogP contribution in [0.5, 0.6) is 0 Å². The number of benzene rings is 1. The van der Waals surface area contributed by atoms with Crippen molar-refractivity contribution in [3.8, 4) is 0 Å². The molecule has 1 aromatic carbocycles. The second-order valence-electron chi connectivity index (χ2n) is 6.57. The van der Waals surface area contributed by atoms with E-state index in [1.54, 1.807) is 30.0 Å². The van der Waals surface area contributed by atoms with E-state index in [0.717, 1.165) is 17.8 Å². The summed E-state index contributed by atoms with van der Waals surface area (Å²) in [5.41, 5.74) is 1.14. The van der Waals surface area contributed by atoms with Gasteiger partial charge in [0, 0.05) is 6.20 Å². The minimum Gasteiger partial charge on any atom is -0.345 e. The lowest BCUT2D eigenvalue weighted by Crippen LogP contribution is -2.31. The molecule has 0 saturated heterocycles. The molecule has 0 unspecified atom stereocenters. The highest BCUT2D eigenvalue weighted by molar-refractivity contribution is 7.99. The summed E-state index contributed by atoms with van der Waals surface area (Å²) in [4.78, 5) is 32.0. The third-order valence-electron chi connectivity index (χ3n) is 4.53. The molecule has 0 bridgehead atoms. The number of hydrogen-bond acceptors (Lipinski definition) is 7. The molecule has 154 valence electrons. The van der Waals surface area contributed by atoms with Gasteiger partial charge in [-0.3, -0.25) is 14.0 Å². The molecule has 4 rings (SSSR count). The predicted octanol–water partition coefficient (Wildman–Crippen LogP) is 2.67. The van der Waals surface area contributed by atoms with E-state index >= 15 is 0 Å². The van der Waals surface area contributed by atoms with Crippen molar-refractivity contribution in [2.45, 2.75) is 17.6 Å². The van der Waals surface area contributed by atoms with Gasteiger partial charge in [-0.05, 0) is 42.7 Å². The summed E-state index contributed by atoms with van der Waals surface area (Å²) < 4.78 is 1.89. The highest BCUT2D eigenvalue weighted by Gasteiger charge is 2.20. The second-order valence-corrected chi connectivity index (χ2v) is 8.52. The topological polar surface area (TPSA) is 105 Å². The fourth-order valence-electron chi connectivity index (χ4n) is 3.10. The van der Waals surface area contributed by atoms with Crippen molar-refractivity contribution in [3.63, 3.8) is 0 Å². The first-order chi connectivity index (χ1) is 14.7. The van der Waals surface area contributed by atoms with Gasteiger partial charge in [0.25, 0.3) is 5.56 Å². The summed E-state index contributed by atoms with van der Waals surface area (Å²) in [6, 6.07) is 12.6. The van der Waals surface area contributed by atoms with E-state index in [1.165, 1.54) is 11.8 Å². The van der Waals surface area contributed by atoms with Gasteiger partial charge in [0.05, 0.1) is 22.7 Å². The third kappa shape index (κ3) is 4.49. The Morgan fingerprint density at radius 2 is 2.03 bits per heavy atom. The molecule has 8 nitrogen and oxygen atoms in total. The molecule has 0 aliphatic rings. The summed E-state index contributed by atoms with van der Waals surface area (Å²) in [7, 11) is 0. The van der Waals surface area contributed by atoms with Crippen molar-refractivity contribution in [2.75, 3.05) is 17.8 Å². The summed E-state index contributed by atoms with van der Waals surface area (Å²) in [6.07, 6.45) is 4.65. The number of amides is 1. The van der Waals surface area contributed by atoms with Crippen LogP contribution in [0.25, 0.3) is 16.6 Å². The number of rotatable bonds is 8. The fourth-order valence-corrected chi connectivity index (χ4v) is 4.25. The molecule has 2 N–H and O–H groups in total.